The molecule has 0 aromatic carbocycles. The third kappa shape index (κ3) is 3.45. The van der Waals surface area contributed by atoms with Crippen LogP contribution in [0.3, 0.4) is 0 Å². The van der Waals surface area contributed by atoms with Gasteiger partial charge in [-0.25, -0.2) is 14.4 Å². The number of esters is 3. The van der Waals surface area contributed by atoms with E-state index in [-0.39, 0.29) is 30.8 Å². The van der Waals surface area contributed by atoms with Crippen LogP contribution in [0, 0.1) is 28.6 Å². The van der Waals surface area contributed by atoms with Gasteiger partial charge in [0.25, 0.3) is 0 Å². The van der Waals surface area contributed by atoms with E-state index >= 15 is 0 Å². The van der Waals surface area contributed by atoms with Crippen molar-refractivity contribution in [2.24, 2.45) is 28.6 Å². The number of carbonyl (C=O) groups is 4. The van der Waals surface area contributed by atoms with Crippen LogP contribution in [-0.2, 0) is 38.1 Å². The summed E-state index contributed by atoms with van der Waals surface area (Å²) >= 11 is 0. The van der Waals surface area contributed by atoms with Gasteiger partial charge in [0, 0.05) is 23.8 Å². The maximum Gasteiger partial charge on any atom is 0.348 e. The van der Waals surface area contributed by atoms with Crippen molar-refractivity contribution in [1.82, 2.24) is 0 Å². The van der Waals surface area contributed by atoms with E-state index in [0.29, 0.717) is 5.57 Å². The zero-order valence-electron chi connectivity index (χ0n) is 23.3. The highest BCUT2D eigenvalue weighted by Gasteiger charge is 2.85. The molecule has 40 heavy (non-hydrogen) atoms. The number of fused-ring (bicyclic) bond motifs is 2. The molecular formula is C28H36O12. The largest absolute Gasteiger partial charge is 0.504 e. The van der Waals surface area contributed by atoms with Gasteiger partial charge in [0.15, 0.2) is 11.5 Å². The summed E-state index contributed by atoms with van der Waals surface area (Å²) in [6, 6.07) is 0. The highest BCUT2D eigenvalue weighted by Crippen LogP contribution is 2.72. The third-order valence-electron chi connectivity index (χ3n) is 10.4. The minimum Gasteiger partial charge on any atom is -0.504 e. The Balaban J connectivity index is 1.70. The van der Waals surface area contributed by atoms with Crippen molar-refractivity contribution in [3.8, 4) is 0 Å². The summed E-state index contributed by atoms with van der Waals surface area (Å²) < 4.78 is 22.6. The SMILES string of the molecule is COC(=O)C12OC[C@]34[C@H]([C@@H](O)[C@@H]1O)[C@@]1(C)CC(=O)C(O)=C(C)[C@@H]1C[C@H]3OC(=O)[C@H](OC(=O)/C=C(/C)C(C)(C)O)[C@@H]24. The molecule has 3 aliphatic carbocycles. The smallest absolute Gasteiger partial charge is 0.348 e. The van der Waals surface area contributed by atoms with Crippen LogP contribution in [0.15, 0.2) is 23.0 Å². The number of methoxy groups -OCH3 is 1. The molecule has 0 radical (unpaired) electrons. The van der Waals surface area contributed by atoms with Crippen LogP contribution in [0.2, 0.25) is 0 Å². The molecule has 2 heterocycles. The fourth-order valence-electron chi connectivity index (χ4n) is 8.37. The number of carbonyl (C=O) groups excluding carboxylic acids is 4. The molecule has 2 saturated carbocycles. The van der Waals surface area contributed by atoms with E-state index in [4.69, 9.17) is 18.9 Å². The first-order valence-electron chi connectivity index (χ1n) is 13.3. The van der Waals surface area contributed by atoms with Gasteiger partial charge in [0.1, 0.15) is 12.2 Å². The molecule has 4 fully saturated rings. The number of hydrogen-bond acceptors (Lipinski definition) is 12. The maximum atomic E-state index is 13.5. The number of ether oxygens (including phenoxy) is 4. The Morgan fingerprint density at radius 3 is 2.42 bits per heavy atom. The monoisotopic (exact) mass is 564 g/mol. The minimum atomic E-state index is -2.28. The van der Waals surface area contributed by atoms with Gasteiger partial charge in [-0.15, -0.1) is 0 Å². The Bertz CT molecular complexity index is 1240. The molecule has 2 saturated heterocycles. The number of aliphatic hydroxyl groups is 4. The third-order valence-corrected chi connectivity index (χ3v) is 10.4. The molecule has 0 aromatic heterocycles. The van der Waals surface area contributed by atoms with Crippen LogP contribution in [-0.4, -0.2) is 93.5 Å². The molecule has 0 amide bonds. The van der Waals surface area contributed by atoms with Crippen LogP contribution in [0.4, 0.5) is 0 Å². The molecule has 10 atom stereocenters. The van der Waals surface area contributed by atoms with Crippen molar-refractivity contribution in [2.45, 2.75) is 83.1 Å². The van der Waals surface area contributed by atoms with Crippen molar-refractivity contribution < 1.29 is 58.6 Å². The van der Waals surface area contributed by atoms with Crippen molar-refractivity contribution in [3.05, 3.63) is 23.0 Å². The van der Waals surface area contributed by atoms with Crippen molar-refractivity contribution in [1.29, 1.82) is 0 Å². The van der Waals surface area contributed by atoms with Crippen LogP contribution in [0.5, 0.6) is 0 Å². The van der Waals surface area contributed by atoms with Crippen LogP contribution < -0.4 is 0 Å². The molecule has 5 aliphatic rings. The lowest BCUT2D eigenvalue weighted by Gasteiger charge is -2.67. The summed E-state index contributed by atoms with van der Waals surface area (Å²) in [5.74, 6) is -6.76. The molecule has 1 spiro atoms. The van der Waals surface area contributed by atoms with Gasteiger partial charge in [0.2, 0.25) is 11.7 Å². The average Bonchev–Trinajstić information content (AvgIpc) is 3.17. The first kappa shape index (κ1) is 28.7. The second-order valence-electron chi connectivity index (χ2n) is 12.7. The number of ketones is 1. The molecule has 5 rings (SSSR count). The van der Waals surface area contributed by atoms with Crippen molar-refractivity contribution >= 4 is 23.7 Å². The van der Waals surface area contributed by atoms with Crippen LogP contribution in [0.25, 0.3) is 0 Å². The molecule has 0 aromatic rings. The highest BCUT2D eigenvalue weighted by atomic mass is 16.6. The Kier molecular flexibility index (Phi) is 6.35. The molecule has 12 heteroatoms. The Labute approximate surface area is 230 Å². The number of rotatable bonds is 4. The fraction of sp³-hybridized carbons (Fsp3) is 0.714. The Morgan fingerprint density at radius 2 is 1.82 bits per heavy atom. The van der Waals surface area contributed by atoms with Gasteiger partial charge in [-0.3, -0.25) is 4.79 Å². The van der Waals surface area contributed by atoms with Gasteiger partial charge in [-0.1, -0.05) is 6.92 Å². The van der Waals surface area contributed by atoms with Gasteiger partial charge in [0.05, 0.1) is 31.3 Å². The van der Waals surface area contributed by atoms with E-state index in [1.54, 1.807) is 13.8 Å². The molecule has 1 unspecified atom stereocenters. The predicted octanol–water partition coefficient (Wildman–Crippen LogP) is 0.268. The lowest BCUT2D eigenvalue weighted by Crippen LogP contribution is -2.79. The summed E-state index contributed by atoms with van der Waals surface area (Å²) in [6.45, 7) is 7.54. The van der Waals surface area contributed by atoms with Gasteiger partial charge < -0.3 is 39.4 Å². The first-order valence-corrected chi connectivity index (χ1v) is 13.3. The highest BCUT2D eigenvalue weighted by molar-refractivity contribution is 5.95. The molecule has 2 aliphatic heterocycles. The number of hydrogen-bond donors (Lipinski definition) is 4. The number of allylic oxidation sites excluding steroid dienone is 2. The summed E-state index contributed by atoms with van der Waals surface area (Å²) in [5, 5.41) is 44.0. The zero-order chi connectivity index (χ0) is 29.7. The Hall–Kier alpha value is -2.80. The summed E-state index contributed by atoms with van der Waals surface area (Å²) in [6.07, 6.45) is -5.28. The topological polar surface area (TPSA) is 186 Å². The van der Waals surface area contributed by atoms with Crippen molar-refractivity contribution in [3.63, 3.8) is 0 Å². The molecular weight excluding hydrogens is 528 g/mol. The van der Waals surface area contributed by atoms with Crippen molar-refractivity contribution in [2.75, 3.05) is 13.7 Å². The van der Waals surface area contributed by atoms with E-state index in [1.807, 2.05) is 0 Å². The van der Waals surface area contributed by atoms with Crippen LogP contribution in [0.1, 0.15) is 47.5 Å². The van der Waals surface area contributed by atoms with E-state index < -0.39 is 87.9 Å². The van der Waals surface area contributed by atoms with Gasteiger partial charge >= 0.3 is 17.9 Å². The second kappa shape index (κ2) is 8.85. The molecule has 2 bridgehead atoms. The Morgan fingerprint density at radius 1 is 1.18 bits per heavy atom. The first-order chi connectivity index (χ1) is 18.5. The van der Waals surface area contributed by atoms with E-state index in [2.05, 4.69) is 0 Å². The number of aliphatic hydroxyl groups excluding tert-OH is 3. The summed E-state index contributed by atoms with van der Waals surface area (Å²) in [4.78, 5) is 52.8. The van der Waals surface area contributed by atoms with Crippen LogP contribution >= 0.6 is 0 Å². The minimum absolute atomic E-state index is 0.139. The average molecular weight is 565 g/mol. The van der Waals surface area contributed by atoms with E-state index in [0.717, 1.165) is 13.2 Å². The number of Topliss-reactive ketones (excluding diaryl/α,β-unsaturated/α-hetero) is 1. The lowest BCUT2D eigenvalue weighted by molar-refractivity contribution is -0.290. The maximum absolute atomic E-state index is 13.5. The van der Waals surface area contributed by atoms with E-state index in [9.17, 15) is 39.6 Å². The molecule has 220 valence electrons. The molecule has 4 N–H and O–H groups in total. The summed E-state index contributed by atoms with van der Waals surface area (Å²) in [7, 11) is 1.07. The van der Waals surface area contributed by atoms with Gasteiger partial charge in [-0.05, 0) is 56.6 Å². The molecule has 12 nitrogen and oxygen atoms in total. The standard InChI is InChI=1S/C28H36O12/c1-11(25(3,4)36)7-16(30)40-19-21-27-10-38-28(21,24(35)37-6)22(33)18(32)20(27)26(5)9-14(29)17(31)12(2)13(26)8-15(27)39-23(19)34/h7,13,15,18-22,31-33,36H,8-10H2,1-6H3/b11-7-/t13-,15+,18+,19+,20+,21+,22-,26-,27+,28?/m0/s1. The predicted molar refractivity (Wildman–Crippen MR) is 133 cm³/mol. The zero-order valence-corrected chi connectivity index (χ0v) is 23.3. The second-order valence-corrected chi connectivity index (χ2v) is 12.7. The normalized spacial score (nSPS) is 44.4. The quantitative estimate of drug-likeness (QED) is 0.208. The lowest BCUT2D eigenvalue weighted by atomic mass is 9.38. The summed E-state index contributed by atoms with van der Waals surface area (Å²) in [5.41, 5.74) is -5.43. The fourth-order valence-corrected chi connectivity index (χ4v) is 8.37. The van der Waals surface area contributed by atoms with E-state index in [1.165, 1.54) is 20.8 Å². The van der Waals surface area contributed by atoms with Gasteiger partial charge in [-0.2, -0.15) is 0 Å².